The molecule has 3 nitrogen and oxygen atoms in total. The monoisotopic (exact) mass is 442 g/mol. The van der Waals surface area contributed by atoms with Gasteiger partial charge >= 0.3 is 0 Å². The summed E-state index contributed by atoms with van der Waals surface area (Å²) in [6, 6.07) is 0. The highest BCUT2D eigenvalue weighted by molar-refractivity contribution is 5.97. The zero-order valence-electron chi connectivity index (χ0n) is 21.1. The number of ether oxygens (including phenoxy) is 1. The van der Waals surface area contributed by atoms with Gasteiger partial charge in [-0.1, -0.05) is 58.4 Å². The molecule has 0 saturated heterocycles. The molecule has 1 saturated carbocycles. The average molecular weight is 443 g/mol. The van der Waals surface area contributed by atoms with Crippen LogP contribution in [0.3, 0.4) is 0 Å². The molecule has 0 aromatic carbocycles. The van der Waals surface area contributed by atoms with Gasteiger partial charge in [-0.15, -0.1) is 0 Å². The molecule has 1 unspecified atom stereocenters. The first kappa shape index (κ1) is 27.8. The van der Waals surface area contributed by atoms with E-state index in [1.165, 1.54) is 25.3 Å². The minimum absolute atomic E-state index is 0.119. The fraction of sp³-hybridized carbons (Fsp3) is 0.571. The van der Waals surface area contributed by atoms with Crippen LogP contribution in [0, 0.1) is 5.92 Å². The second-order valence-electron chi connectivity index (χ2n) is 8.43. The van der Waals surface area contributed by atoms with Crippen LogP contribution in [-0.2, 0) is 4.74 Å². The first-order valence-electron chi connectivity index (χ1n) is 12.2. The summed E-state index contributed by atoms with van der Waals surface area (Å²) < 4.78 is 20.6. The molecule has 0 spiro atoms. The lowest BCUT2D eigenvalue weighted by Gasteiger charge is -2.26. The molecule has 1 fully saturated rings. The van der Waals surface area contributed by atoms with Crippen LogP contribution in [0.25, 0.3) is 0 Å². The first-order chi connectivity index (χ1) is 15.4. The van der Waals surface area contributed by atoms with E-state index >= 15 is 0 Å². The molecular formula is C28H43FN2O. The lowest BCUT2D eigenvalue weighted by atomic mass is 9.93. The Balaban J connectivity index is 3.60. The van der Waals surface area contributed by atoms with Crippen LogP contribution in [-0.4, -0.2) is 25.1 Å². The van der Waals surface area contributed by atoms with Crippen molar-refractivity contribution in [1.82, 2.24) is 0 Å². The largest absolute Gasteiger partial charge is 0.490 e. The number of halogens is 1. The van der Waals surface area contributed by atoms with Gasteiger partial charge < -0.3 is 4.74 Å². The lowest BCUT2D eigenvalue weighted by molar-refractivity contribution is 0.0889. The van der Waals surface area contributed by atoms with Gasteiger partial charge in [0, 0.05) is 24.4 Å². The van der Waals surface area contributed by atoms with E-state index in [1.54, 1.807) is 27.1 Å². The molecule has 32 heavy (non-hydrogen) atoms. The fourth-order valence-corrected chi connectivity index (χ4v) is 3.68. The summed E-state index contributed by atoms with van der Waals surface area (Å²) in [7, 11) is 1.74. The van der Waals surface area contributed by atoms with E-state index in [4.69, 9.17) is 9.73 Å². The van der Waals surface area contributed by atoms with Gasteiger partial charge in [-0.25, -0.2) is 4.39 Å². The standard InChI is InChI=1S/C28H43FN2O/c1-8-11-12-16-19-25(23(6)32-24-17-14-13-15-18-24)26(20-30-7)28(21(4)9-2)31-22(5)27(29)10-3/h10,12,16,19-21,24H,6,8-9,11,13-15,17-18H2,1-5,7H3/b16-12-,25-19+,27-10+,28-26-,30-20?,31-22+. The Morgan fingerprint density at radius 3 is 2.47 bits per heavy atom. The van der Waals surface area contributed by atoms with Crippen molar-refractivity contribution in [2.75, 3.05) is 7.05 Å². The maximum absolute atomic E-state index is 14.3. The topological polar surface area (TPSA) is 34.0 Å². The van der Waals surface area contributed by atoms with Gasteiger partial charge in [-0.05, 0) is 64.4 Å². The van der Waals surface area contributed by atoms with Crippen LogP contribution >= 0.6 is 0 Å². The van der Waals surface area contributed by atoms with E-state index in [2.05, 4.69) is 44.5 Å². The normalized spacial score (nSPS) is 18.9. The van der Waals surface area contributed by atoms with Crippen molar-refractivity contribution in [2.24, 2.45) is 15.9 Å². The van der Waals surface area contributed by atoms with Gasteiger partial charge in [0.2, 0.25) is 0 Å². The highest BCUT2D eigenvalue weighted by Crippen LogP contribution is 2.31. The SMILES string of the molecule is C=C(OC1CCCCC1)C(=C\C=C/CCC)/C(C=NC)=C(\N=C(C)\C(F)=C/C)C(C)CC. The Morgan fingerprint density at radius 2 is 1.91 bits per heavy atom. The molecule has 1 atom stereocenters. The van der Waals surface area contributed by atoms with Crippen LogP contribution in [0.1, 0.15) is 86.0 Å². The number of hydrogen-bond acceptors (Lipinski definition) is 3. The van der Waals surface area contributed by atoms with Crippen LogP contribution in [0.5, 0.6) is 0 Å². The van der Waals surface area contributed by atoms with Crippen molar-refractivity contribution in [1.29, 1.82) is 0 Å². The molecule has 0 aromatic heterocycles. The Kier molecular flexibility index (Phi) is 13.5. The Bertz CT molecular complexity index is 777. The van der Waals surface area contributed by atoms with Crippen LogP contribution in [0.4, 0.5) is 4.39 Å². The van der Waals surface area contributed by atoms with Crippen molar-refractivity contribution in [3.05, 3.63) is 59.3 Å². The number of rotatable bonds is 12. The van der Waals surface area contributed by atoms with E-state index < -0.39 is 0 Å². The predicted octanol–water partition coefficient (Wildman–Crippen LogP) is 8.47. The third-order valence-corrected chi connectivity index (χ3v) is 5.81. The maximum Gasteiger partial charge on any atom is 0.140 e. The van der Waals surface area contributed by atoms with E-state index in [1.807, 2.05) is 6.08 Å². The van der Waals surface area contributed by atoms with Crippen molar-refractivity contribution in [3.63, 3.8) is 0 Å². The third-order valence-electron chi connectivity index (χ3n) is 5.81. The molecule has 1 aliphatic rings. The predicted molar refractivity (Wildman–Crippen MR) is 138 cm³/mol. The number of hydrogen-bond donors (Lipinski definition) is 0. The highest BCUT2D eigenvalue weighted by Gasteiger charge is 2.21. The van der Waals surface area contributed by atoms with E-state index in [-0.39, 0.29) is 17.8 Å². The molecule has 0 heterocycles. The summed E-state index contributed by atoms with van der Waals surface area (Å²) in [5, 5.41) is 0. The summed E-state index contributed by atoms with van der Waals surface area (Å²) in [6.45, 7) is 14.1. The molecule has 0 aliphatic heterocycles. The molecule has 1 rings (SSSR count). The minimum Gasteiger partial charge on any atom is -0.490 e. The molecule has 0 N–H and O–H groups in total. The second kappa shape index (κ2) is 15.6. The van der Waals surface area contributed by atoms with Gasteiger partial charge in [0.1, 0.15) is 11.6 Å². The summed E-state index contributed by atoms with van der Waals surface area (Å²) in [5.41, 5.74) is 2.87. The smallest absolute Gasteiger partial charge is 0.140 e. The average Bonchev–Trinajstić information content (AvgIpc) is 2.81. The van der Waals surface area contributed by atoms with Crippen LogP contribution in [0.2, 0.25) is 0 Å². The molecular weight excluding hydrogens is 399 g/mol. The first-order valence-corrected chi connectivity index (χ1v) is 12.2. The Hall–Kier alpha value is -2.23. The van der Waals surface area contributed by atoms with Gasteiger partial charge in [-0.3, -0.25) is 9.98 Å². The number of aliphatic imine (C=N–C) groups is 2. The van der Waals surface area contributed by atoms with E-state index in [9.17, 15) is 4.39 Å². The van der Waals surface area contributed by atoms with E-state index in [0.29, 0.717) is 11.5 Å². The molecule has 4 heteroatoms. The lowest BCUT2D eigenvalue weighted by Crippen LogP contribution is -2.18. The third kappa shape index (κ3) is 9.10. The summed E-state index contributed by atoms with van der Waals surface area (Å²) >= 11 is 0. The van der Waals surface area contributed by atoms with Gasteiger partial charge in [0.05, 0.1) is 17.5 Å². The Morgan fingerprint density at radius 1 is 1.22 bits per heavy atom. The highest BCUT2D eigenvalue weighted by atomic mass is 19.1. The zero-order valence-corrected chi connectivity index (χ0v) is 21.1. The van der Waals surface area contributed by atoms with Gasteiger partial charge in [-0.2, -0.15) is 0 Å². The molecule has 178 valence electrons. The molecule has 0 aromatic rings. The van der Waals surface area contributed by atoms with Crippen LogP contribution < -0.4 is 0 Å². The second-order valence-corrected chi connectivity index (χ2v) is 8.43. The van der Waals surface area contributed by atoms with Gasteiger partial charge in [0.15, 0.2) is 0 Å². The quantitative estimate of drug-likeness (QED) is 0.169. The van der Waals surface area contributed by atoms with Crippen molar-refractivity contribution in [2.45, 2.75) is 92.1 Å². The van der Waals surface area contributed by atoms with Crippen molar-refractivity contribution in [3.8, 4) is 0 Å². The molecule has 1 aliphatic carbocycles. The minimum atomic E-state index is -0.316. The van der Waals surface area contributed by atoms with Crippen molar-refractivity contribution >= 4 is 11.9 Å². The Labute approximate surface area is 195 Å². The number of nitrogens with zero attached hydrogens (tertiary/aromatic N) is 2. The zero-order chi connectivity index (χ0) is 23.9. The fourth-order valence-electron chi connectivity index (χ4n) is 3.68. The van der Waals surface area contributed by atoms with Gasteiger partial charge in [0.25, 0.3) is 0 Å². The summed E-state index contributed by atoms with van der Waals surface area (Å²) in [4.78, 5) is 9.05. The van der Waals surface area contributed by atoms with Crippen LogP contribution in [0.15, 0.2) is 69.3 Å². The van der Waals surface area contributed by atoms with Crippen molar-refractivity contribution < 1.29 is 9.13 Å². The molecule has 0 radical (unpaired) electrons. The summed E-state index contributed by atoms with van der Waals surface area (Å²) in [6.07, 6.45) is 18.4. The molecule has 0 amide bonds. The molecule has 0 bridgehead atoms. The number of unbranched alkanes of at least 4 members (excludes halogenated alkanes) is 1. The van der Waals surface area contributed by atoms with E-state index in [0.717, 1.165) is 48.9 Å². The number of allylic oxidation sites excluding steroid dienone is 7. The maximum atomic E-state index is 14.3. The summed E-state index contributed by atoms with van der Waals surface area (Å²) in [5.74, 6) is 0.436.